The molecule has 0 saturated carbocycles. The molecule has 0 aliphatic carbocycles. The van der Waals surface area contributed by atoms with Crippen molar-refractivity contribution in [2.24, 2.45) is 0 Å². The highest BCUT2D eigenvalue weighted by Gasteiger charge is 2.31. The third-order valence-electron chi connectivity index (χ3n) is 4.96. The Morgan fingerprint density at radius 1 is 1.33 bits per heavy atom. The highest BCUT2D eigenvalue weighted by Crippen LogP contribution is 2.33. The van der Waals surface area contributed by atoms with E-state index < -0.39 is 5.56 Å². The molecule has 27 heavy (non-hydrogen) atoms. The summed E-state index contributed by atoms with van der Waals surface area (Å²) in [7, 11) is 1.62. The second-order valence-corrected chi connectivity index (χ2v) is 6.71. The van der Waals surface area contributed by atoms with Gasteiger partial charge in [-0.2, -0.15) is 9.50 Å². The van der Waals surface area contributed by atoms with Crippen LogP contribution in [0.2, 0.25) is 0 Å². The van der Waals surface area contributed by atoms with E-state index in [0.29, 0.717) is 12.4 Å². The molecule has 1 fully saturated rings. The van der Waals surface area contributed by atoms with Crippen molar-refractivity contribution >= 4 is 11.7 Å². The first-order valence-corrected chi connectivity index (χ1v) is 8.98. The number of ether oxygens (including phenoxy) is 1. The summed E-state index contributed by atoms with van der Waals surface area (Å²) in [5, 5.41) is 2.83. The van der Waals surface area contributed by atoms with Gasteiger partial charge in [0.05, 0.1) is 13.2 Å². The maximum Gasteiger partial charge on any atom is 0.286 e. The van der Waals surface area contributed by atoms with Crippen LogP contribution in [-0.2, 0) is 0 Å². The molecule has 1 amide bonds. The van der Waals surface area contributed by atoms with Crippen LogP contribution in [0.4, 0.5) is 0 Å². The molecule has 1 aromatic carbocycles. The Kier molecular flexibility index (Phi) is 4.39. The van der Waals surface area contributed by atoms with E-state index >= 15 is 0 Å². The Bertz CT molecular complexity index is 1050. The van der Waals surface area contributed by atoms with E-state index in [4.69, 9.17) is 4.74 Å². The number of aryl methyl sites for hydroxylation is 1. The number of aromatic nitrogens is 4. The standard InChI is InChI=1S/C19H21N5O3/c1-12-21-19-20-11-15(18(26)24(19)22-12)17(25)23-9-4-3-8-16(23)13-6-5-7-14(10-13)27-2/h5-7,10-11,16H,3-4,8-9H2,1-2H3,(H,20,21,22)/t16-/m0/s1. The summed E-state index contributed by atoms with van der Waals surface area (Å²) in [5.74, 6) is 1.27. The Labute approximate surface area is 155 Å². The maximum atomic E-state index is 13.2. The number of nitrogens with one attached hydrogen (secondary N) is 1. The number of fused-ring (bicyclic) bond motifs is 1. The lowest BCUT2D eigenvalue weighted by molar-refractivity contribution is 0.0608. The first-order chi connectivity index (χ1) is 13.1. The van der Waals surface area contributed by atoms with Gasteiger partial charge in [0.25, 0.3) is 17.2 Å². The molecule has 1 atom stereocenters. The number of piperidine rings is 1. The Morgan fingerprint density at radius 2 is 2.19 bits per heavy atom. The lowest BCUT2D eigenvalue weighted by Crippen LogP contribution is -2.41. The van der Waals surface area contributed by atoms with Crippen LogP contribution in [0.25, 0.3) is 5.78 Å². The summed E-state index contributed by atoms with van der Waals surface area (Å²) in [4.78, 5) is 36.0. The van der Waals surface area contributed by atoms with Crippen LogP contribution in [0, 0.1) is 6.92 Å². The lowest BCUT2D eigenvalue weighted by atomic mass is 9.94. The molecular formula is C19H21N5O3. The van der Waals surface area contributed by atoms with Crippen LogP contribution in [0.15, 0.2) is 35.3 Å². The molecule has 8 nitrogen and oxygen atoms in total. The first kappa shape index (κ1) is 17.3. The number of amides is 1. The van der Waals surface area contributed by atoms with Crippen molar-refractivity contribution in [3.63, 3.8) is 0 Å². The molecule has 1 aliphatic rings. The molecule has 0 unspecified atom stereocenters. The van der Waals surface area contributed by atoms with Crippen molar-refractivity contribution in [1.82, 2.24) is 24.5 Å². The summed E-state index contributed by atoms with van der Waals surface area (Å²) in [6, 6.07) is 7.64. The molecule has 8 heteroatoms. The SMILES string of the molecule is COc1cccc([C@@H]2CCCCN2C(=O)c2cnc3nc(C)[nH]n3c2=O)c1. The van der Waals surface area contributed by atoms with Gasteiger partial charge >= 0.3 is 0 Å². The topological polar surface area (TPSA) is 92.6 Å². The van der Waals surface area contributed by atoms with E-state index in [1.54, 1.807) is 18.9 Å². The zero-order valence-corrected chi connectivity index (χ0v) is 15.3. The fraction of sp³-hybridized carbons (Fsp3) is 0.368. The van der Waals surface area contributed by atoms with Gasteiger partial charge in [-0.15, -0.1) is 0 Å². The quantitative estimate of drug-likeness (QED) is 0.765. The second kappa shape index (κ2) is 6.86. The van der Waals surface area contributed by atoms with Gasteiger partial charge in [-0.3, -0.25) is 14.7 Å². The number of rotatable bonds is 3. The molecule has 1 N–H and O–H groups in total. The lowest BCUT2D eigenvalue weighted by Gasteiger charge is -2.36. The molecule has 3 heterocycles. The van der Waals surface area contributed by atoms with Crippen LogP contribution in [0.3, 0.4) is 0 Å². The van der Waals surface area contributed by atoms with Crippen molar-refractivity contribution in [1.29, 1.82) is 0 Å². The zero-order chi connectivity index (χ0) is 19.0. The van der Waals surface area contributed by atoms with E-state index in [1.807, 2.05) is 24.3 Å². The number of carbonyl (C=O) groups is 1. The van der Waals surface area contributed by atoms with Gasteiger partial charge in [0.15, 0.2) is 0 Å². The number of benzene rings is 1. The summed E-state index contributed by atoms with van der Waals surface area (Å²) < 4.78 is 6.53. The number of hydrogen-bond donors (Lipinski definition) is 1. The number of carbonyl (C=O) groups excluding carboxylic acids is 1. The number of hydrogen-bond acceptors (Lipinski definition) is 5. The van der Waals surface area contributed by atoms with Crippen molar-refractivity contribution in [2.75, 3.05) is 13.7 Å². The van der Waals surface area contributed by atoms with Gasteiger partial charge in [0, 0.05) is 12.7 Å². The summed E-state index contributed by atoms with van der Waals surface area (Å²) in [6.07, 6.45) is 4.12. The molecule has 0 radical (unpaired) electrons. The fourth-order valence-electron chi connectivity index (χ4n) is 3.63. The Morgan fingerprint density at radius 3 is 3.00 bits per heavy atom. The Balaban J connectivity index is 1.72. The number of aromatic amines is 1. The third kappa shape index (κ3) is 3.07. The van der Waals surface area contributed by atoms with Crippen molar-refractivity contribution < 1.29 is 9.53 Å². The van der Waals surface area contributed by atoms with Gasteiger partial charge in [-0.25, -0.2) is 4.98 Å². The van der Waals surface area contributed by atoms with Crippen LogP contribution in [-0.4, -0.2) is 44.0 Å². The minimum absolute atomic E-state index is 0.0472. The minimum atomic E-state index is -0.430. The predicted molar refractivity (Wildman–Crippen MR) is 99.0 cm³/mol. The molecular weight excluding hydrogens is 346 g/mol. The van der Waals surface area contributed by atoms with E-state index in [9.17, 15) is 9.59 Å². The molecule has 140 valence electrons. The average Bonchev–Trinajstić information content (AvgIpc) is 3.09. The van der Waals surface area contributed by atoms with Gasteiger partial charge < -0.3 is 9.64 Å². The molecule has 2 aromatic heterocycles. The third-order valence-corrected chi connectivity index (χ3v) is 4.96. The van der Waals surface area contributed by atoms with Crippen LogP contribution in [0.1, 0.15) is 47.1 Å². The molecule has 0 spiro atoms. The van der Waals surface area contributed by atoms with Gasteiger partial charge in [-0.1, -0.05) is 12.1 Å². The summed E-state index contributed by atoms with van der Waals surface area (Å²) in [6.45, 7) is 2.34. The average molecular weight is 367 g/mol. The van der Waals surface area contributed by atoms with E-state index in [-0.39, 0.29) is 23.3 Å². The smallest absolute Gasteiger partial charge is 0.286 e. The predicted octanol–water partition coefficient (Wildman–Crippen LogP) is 2.10. The number of H-pyrrole nitrogens is 1. The molecule has 0 bridgehead atoms. The number of likely N-dealkylation sites (tertiary alicyclic amines) is 1. The monoisotopic (exact) mass is 367 g/mol. The van der Waals surface area contributed by atoms with Crippen LogP contribution in [0.5, 0.6) is 5.75 Å². The van der Waals surface area contributed by atoms with E-state index in [2.05, 4.69) is 15.1 Å². The second-order valence-electron chi connectivity index (χ2n) is 6.71. The Hall–Kier alpha value is -3.16. The van der Waals surface area contributed by atoms with Gasteiger partial charge in [-0.05, 0) is 43.9 Å². The van der Waals surface area contributed by atoms with Crippen LogP contribution >= 0.6 is 0 Å². The van der Waals surface area contributed by atoms with Gasteiger partial charge in [0.2, 0.25) is 0 Å². The molecule has 1 aliphatic heterocycles. The highest BCUT2D eigenvalue weighted by molar-refractivity contribution is 5.94. The largest absolute Gasteiger partial charge is 0.497 e. The van der Waals surface area contributed by atoms with Crippen molar-refractivity contribution in [2.45, 2.75) is 32.2 Å². The van der Waals surface area contributed by atoms with Crippen molar-refractivity contribution in [3.8, 4) is 5.75 Å². The summed E-state index contributed by atoms with van der Waals surface area (Å²) in [5.41, 5.74) is 0.625. The van der Waals surface area contributed by atoms with Crippen molar-refractivity contribution in [3.05, 3.63) is 57.8 Å². The van der Waals surface area contributed by atoms with Gasteiger partial charge in [0.1, 0.15) is 17.1 Å². The molecule has 4 rings (SSSR count). The van der Waals surface area contributed by atoms with E-state index in [0.717, 1.165) is 30.6 Å². The zero-order valence-electron chi connectivity index (χ0n) is 15.3. The minimum Gasteiger partial charge on any atom is -0.497 e. The number of nitrogens with zero attached hydrogens (tertiary/aromatic N) is 4. The number of methoxy groups -OCH3 is 1. The maximum absolute atomic E-state index is 13.2. The summed E-state index contributed by atoms with van der Waals surface area (Å²) >= 11 is 0. The first-order valence-electron chi connectivity index (χ1n) is 8.98. The van der Waals surface area contributed by atoms with Crippen LogP contribution < -0.4 is 10.3 Å². The van der Waals surface area contributed by atoms with E-state index in [1.165, 1.54) is 10.7 Å². The normalized spacial score (nSPS) is 17.3. The highest BCUT2D eigenvalue weighted by atomic mass is 16.5. The molecule has 3 aromatic rings. The molecule has 1 saturated heterocycles. The fourth-order valence-corrected chi connectivity index (χ4v) is 3.63.